The van der Waals surface area contributed by atoms with Crippen molar-refractivity contribution >= 4 is 10.0 Å². The smallest absolute Gasteiger partial charge is 0.243 e. The number of aromatic nitrogens is 2. The highest BCUT2D eigenvalue weighted by molar-refractivity contribution is 7.89. The Morgan fingerprint density at radius 3 is 2.35 bits per heavy atom. The van der Waals surface area contributed by atoms with Gasteiger partial charge in [-0.15, -0.1) is 0 Å². The molecule has 0 spiro atoms. The normalized spacial score (nSPS) is 11.6. The fourth-order valence-corrected chi connectivity index (χ4v) is 4.81. The molecule has 1 heterocycles. The van der Waals surface area contributed by atoms with E-state index in [9.17, 15) is 8.42 Å². The van der Waals surface area contributed by atoms with Gasteiger partial charge in [0.05, 0.1) is 31.4 Å². The van der Waals surface area contributed by atoms with E-state index < -0.39 is 10.0 Å². The van der Waals surface area contributed by atoms with Crippen molar-refractivity contribution in [3.8, 4) is 11.5 Å². The highest BCUT2D eigenvalue weighted by atomic mass is 32.2. The van der Waals surface area contributed by atoms with Crippen molar-refractivity contribution in [2.75, 3.05) is 20.8 Å². The summed E-state index contributed by atoms with van der Waals surface area (Å²) < 4.78 is 40.9. The van der Waals surface area contributed by atoms with Gasteiger partial charge in [-0.2, -0.15) is 9.40 Å². The Labute approximate surface area is 184 Å². The molecule has 7 nitrogen and oxygen atoms in total. The summed E-state index contributed by atoms with van der Waals surface area (Å²) in [7, 11) is -0.509. The van der Waals surface area contributed by atoms with Crippen molar-refractivity contribution in [2.24, 2.45) is 0 Å². The zero-order valence-electron chi connectivity index (χ0n) is 18.4. The highest BCUT2D eigenvalue weighted by Gasteiger charge is 2.25. The molecule has 0 saturated heterocycles. The third-order valence-corrected chi connectivity index (χ3v) is 7.06. The number of aryl methyl sites for hydroxylation is 2. The molecule has 0 atom stereocenters. The first kappa shape index (κ1) is 22.8. The minimum absolute atomic E-state index is 0.247. The Hall–Kier alpha value is -2.84. The first-order chi connectivity index (χ1) is 14.9. The zero-order valence-corrected chi connectivity index (χ0v) is 19.2. The second-order valence-electron chi connectivity index (χ2n) is 7.23. The highest BCUT2D eigenvalue weighted by Crippen LogP contribution is 2.28. The predicted octanol–water partition coefficient (Wildman–Crippen LogP) is 3.66. The number of methoxy groups -OCH3 is 2. The van der Waals surface area contributed by atoms with E-state index >= 15 is 0 Å². The summed E-state index contributed by atoms with van der Waals surface area (Å²) in [6, 6.07) is 14.4. The average molecular weight is 444 g/mol. The Morgan fingerprint density at radius 2 is 1.71 bits per heavy atom. The fourth-order valence-electron chi connectivity index (χ4n) is 3.39. The van der Waals surface area contributed by atoms with Gasteiger partial charge in [0.1, 0.15) is 0 Å². The monoisotopic (exact) mass is 443 g/mol. The molecule has 0 fully saturated rings. The number of nitrogens with zero attached hydrogens (tertiary/aromatic N) is 3. The van der Waals surface area contributed by atoms with Crippen LogP contribution in [0.4, 0.5) is 0 Å². The summed E-state index contributed by atoms with van der Waals surface area (Å²) in [6.07, 6.45) is 2.23. The van der Waals surface area contributed by atoms with E-state index in [1.54, 1.807) is 32.5 Å². The van der Waals surface area contributed by atoms with Crippen molar-refractivity contribution in [1.29, 1.82) is 0 Å². The summed E-state index contributed by atoms with van der Waals surface area (Å²) in [6.45, 7) is 5.17. The van der Waals surface area contributed by atoms with Crippen LogP contribution in [-0.4, -0.2) is 43.3 Å². The van der Waals surface area contributed by atoms with Crippen LogP contribution in [0, 0.1) is 6.92 Å². The lowest BCUT2D eigenvalue weighted by molar-refractivity contribution is 0.354. The van der Waals surface area contributed by atoms with E-state index in [1.807, 2.05) is 54.9 Å². The van der Waals surface area contributed by atoms with E-state index in [2.05, 4.69) is 5.10 Å². The summed E-state index contributed by atoms with van der Waals surface area (Å²) in [4.78, 5) is 0.285. The van der Waals surface area contributed by atoms with Gasteiger partial charge >= 0.3 is 0 Å². The molecule has 0 unspecified atom stereocenters. The number of rotatable bonds is 10. The Balaban J connectivity index is 1.89. The fraction of sp³-hybridized carbons (Fsp3) is 0.348. The summed E-state index contributed by atoms with van der Waals surface area (Å²) in [5.74, 6) is 1.26. The molecule has 2 aromatic carbocycles. The van der Waals surface area contributed by atoms with Crippen LogP contribution in [-0.2, 0) is 29.5 Å². The number of ether oxygens (including phenoxy) is 2. The number of hydrogen-bond acceptors (Lipinski definition) is 5. The first-order valence-corrected chi connectivity index (χ1v) is 11.6. The molecule has 3 aromatic rings. The lowest BCUT2D eigenvalue weighted by atomic mass is 10.1. The second-order valence-corrected chi connectivity index (χ2v) is 9.17. The van der Waals surface area contributed by atoms with Crippen molar-refractivity contribution in [3.05, 3.63) is 71.5 Å². The molecule has 0 radical (unpaired) electrons. The quantitative estimate of drug-likeness (QED) is 0.478. The molecule has 0 N–H and O–H groups in total. The van der Waals surface area contributed by atoms with Gasteiger partial charge in [0.25, 0.3) is 0 Å². The second kappa shape index (κ2) is 9.98. The molecular formula is C23H29N3O4S. The largest absolute Gasteiger partial charge is 0.493 e. The van der Waals surface area contributed by atoms with Crippen LogP contribution >= 0.6 is 0 Å². The summed E-state index contributed by atoms with van der Waals surface area (Å²) in [5.41, 5.74) is 2.83. The maximum atomic E-state index is 13.5. The van der Waals surface area contributed by atoms with Crippen LogP contribution in [0.3, 0.4) is 0 Å². The van der Waals surface area contributed by atoms with Gasteiger partial charge in [0.15, 0.2) is 11.5 Å². The lowest BCUT2D eigenvalue weighted by Crippen LogP contribution is -2.33. The Morgan fingerprint density at radius 1 is 1.00 bits per heavy atom. The van der Waals surface area contributed by atoms with Gasteiger partial charge < -0.3 is 9.47 Å². The Bertz CT molecular complexity index is 1110. The maximum absolute atomic E-state index is 13.5. The molecule has 1 aromatic heterocycles. The van der Waals surface area contributed by atoms with Crippen molar-refractivity contribution in [3.63, 3.8) is 0 Å². The van der Waals surface area contributed by atoms with Crippen molar-refractivity contribution in [2.45, 2.75) is 38.3 Å². The Kier molecular flexibility index (Phi) is 7.35. The summed E-state index contributed by atoms with van der Waals surface area (Å²) in [5, 5.41) is 4.28. The third kappa shape index (κ3) is 5.26. The predicted molar refractivity (Wildman–Crippen MR) is 120 cm³/mol. The maximum Gasteiger partial charge on any atom is 0.243 e. The van der Waals surface area contributed by atoms with Crippen LogP contribution in [0.5, 0.6) is 11.5 Å². The number of hydrogen-bond donors (Lipinski definition) is 0. The van der Waals surface area contributed by atoms with E-state index in [0.29, 0.717) is 31.0 Å². The molecule has 0 aliphatic rings. The van der Waals surface area contributed by atoms with Crippen LogP contribution in [0.1, 0.15) is 23.7 Å². The summed E-state index contributed by atoms with van der Waals surface area (Å²) >= 11 is 0. The van der Waals surface area contributed by atoms with Gasteiger partial charge in [0.2, 0.25) is 10.0 Å². The third-order valence-electron chi connectivity index (χ3n) is 5.20. The van der Waals surface area contributed by atoms with Gasteiger partial charge in [0, 0.05) is 19.3 Å². The van der Waals surface area contributed by atoms with Gasteiger partial charge in [-0.25, -0.2) is 8.42 Å². The lowest BCUT2D eigenvalue weighted by Gasteiger charge is -2.23. The van der Waals surface area contributed by atoms with E-state index in [1.165, 1.54) is 4.31 Å². The zero-order chi connectivity index (χ0) is 22.4. The molecule has 0 bridgehead atoms. The van der Waals surface area contributed by atoms with Gasteiger partial charge in [-0.1, -0.05) is 23.8 Å². The van der Waals surface area contributed by atoms with Crippen molar-refractivity contribution in [1.82, 2.24) is 14.1 Å². The van der Waals surface area contributed by atoms with Crippen LogP contribution in [0.2, 0.25) is 0 Å². The molecular weight excluding hydrogens is 414 g/mol. The molecule has 31 heavy (non-hydrogen) atoms. The minimum Gasteiger partial charge on any atom is -0.493 e. The van der Waals surface area contributed by atoms with E-state index in [-0.39, 0.29) is 11.4 Å². The van der Waals surface area contributed by atoms with E-state index in [0.717, 1.165) is 16.8 Å². The van der Waals surface area contributed by atoms with E-state index in [4.69, 9.17) is 9.47 Å². The molecule has 3 rings (SSSR count). The average Bonchev–Trinajstić information content (AvgIpc) is 3.23. The minimum atomic E-state index is -3.68. The van der Waals surface area contributed by atoms with Gasteiger partial charge in [-0.05, 0) is 56.2 Å². The molecule has 0 amide bonds. The molecule has 0 saturated carbocycles. The standard InChI is InChI=1S/C23H29N3O4S/c1-5-26-20(12-14-24-26)17-25(31(27,28)21-9-6-18(2)7-10-21)15-13-19-8-11-22(29-3)23(16-19)30-4/h6-12,14,16H,5,13,15,17H2,1-4H3. The van der Waals surface area contributed by atoms with Crippen LogP contribution in [0.15, 0.2) is 59.6 Å². The number of sulfonamides is 1. The molecule has 166 valence electrons. The van der Waals surface area contributed by atoms with Crippen molar-refractivity contribution < 1.29 is 17.9 Å². The van der Waals surface area contributed by atoms with Crippen LogP contribution < -0.4 is 9.47 Å². The first-order valence-electron chi connectivity index (χ1n) is 10.2. The molecule has 0 aliphatic carbocycles. The topological polar surface area (TPSA) is 73.7 Å². The number of benzene rings is 2. The molecule has 0 aliphatic heterocycles. The SMILES string of the molecule is CCn1nccc1CN(CCc1ccc(OC)c(OC)c1)S(=O)(=O)c1ccc(C)cc1. The van der Waals surface area contributed by atoms with Gasteiger partial charge in [-0.3, -0.25) is 4.68 Å². The molecule has 8 heteroatoms. The van der Waals surface area contributed by atoms with Crippen LogP contribution in [0.25, 0.3) is 0 Å².